The molecule has 2 aromatic rings. The normalized spacial score (nSPS) is 24.9. The van der Waals surface area contributed by atoms with Gasteiger partial charge < -0.3 is 20.6 Å². The lowest BCUT2D eigenvalue weighted by molar-refractivity contribution is 0.126. The molecule has 7 nitrogen and oxygen atoms in total. The Labute approximate surface area is 207 Å². The Morgan fingerprint density at radius 3 is 2.50 bits per heavy atom. The van der Waals surface area contributed by atoms with Crippen molar-refractivity contribution in [2.24, 2.45) is 5.92 Å². The number of likely N-dealkylation sites (tertiary alicyclic amines) is 1. The molecule has 3 N–H and O–H groups in total. The van der Waals surface area contributed by atoms with Gasteiger partial charge in [0, 0.05) is 36.2 Å². The zero-order valence-corrected chi connectivity index (χ0v) is 20.7. The van der Waals surface area contributed by atoms with Crippen LogP contribution in [-0.2, 0) is 0 Å². The third-order valence-electron chi connectivity index (χ3n) is 7.86. The second-order valence-electron chi connectivity index (χ2n) is 10.4. The van der Waals surface area contributed by atoms with E-state index >= 15 is 0 Å². The van der Waals surface area contributed by atoms with E-state index in [1.54, 1.807) is 12.3 Å². The Balaban J connectivity index is 1.29. The topological polar surface area (TPSA) is 86.2 Å². The van der Waals surface area contributed by atoms with E-state index in [4.69, 9.17) is 16.6 Å². The molecule has 2 aromatic heterocycles. The summed E-state index contributed by atoms with van der Waals surface area (Å²) in [7, 11) is 0. The lowest BCUT2D eigenvalue weighted by Crippen LogP contribution is -2.36. The number of hydrogen-bond donors (Lipinski definition) is 3. The fourth-order valence-electron chi connectivity index (χ4n) is 5.87. The second-order valence-corrected chi connectivity index (χ2v) is 10.8. The molecule has 0 bridgehead atoms. The summed E-state index contributed by atoms with van der Waals surface area (Å²) in [5.41, 5.74) is 2.05. The Hall–Kier alpha value is -1.96. The average molecular weight is 485 g/mol. The lowest BCUT2D eigenvalue weighted by atomic mass is 9.89. The van der Waals surface area contributed by atoms with E-state index < -0.39 is 0 Å². The number of aromatic nitrogens is 3. The molecule has 184 valence electrons. The van der Waals surface area contributed by atoms with Gasteiger partial charge in [-0.05, 0) is 88.4 Å². The average Bonchev–Trinajstić information content (AvgIpc) is 3.35. The summed E-state index contributed by atoms with van der Waals surface area (Å²) < 4.78 is 0. The van der Waals surface area contributed by atoms with Gasteiger partial charge >= 0.3 is 0 Å². The summed E-state index contributed by atoms with van der Waals surface area (Å²) >= 11 is 6.05. The number of pyridine rings is 1. The van der Waals surface area contributed by atoms with Crippen molar-refractivity contribution in [3.8, 4) is 0 Å². The van der Waals surface area contributed by atoms with Crippen molar-refractivity contribution < 1.29 is 5.11 Å². The van der Waals surface area contributed by atoms with E-state index in [1.165, 1.54) is 37.8 Å². The summed E-state index contributed by atoms with van der Waals surface area (Å²) in [4.78, 5) is 16.3. The standard InChI is InChI=1S/C26H37ClN6O/c27-24-15-21(9-12-28-24)31-26-29-16-23(25(32-26)30-20-5-7-22(34)8-6-20)19-10-13-33(14-11-19)17-18-3-1-2-4-18/h9,12,15-16,18-20,22,34H,1-8,10-11,13-14,17H2,(H2,28,29,30,31,32)/t20-,22-. The quantitative estimate of drug-likeness (QED) is 0.456. The molecule has 3 heterocycles. The van der Waals surface area contributed by atoms with E-state index in [0.717, 1.165) is 69.0 Å². The molecule has 0 amide bonds. The van der Waals surface area contributed by atoms with Crippen molar-refractivity contribution in [1.29, 1.82) is 0 Å². The number of nitrogens with zero attached hydrogens (tertiary/aromatic N) is 4. The van der Waals surface area contributed by atoms with Crippen LogP contribution in [-0.4, -0.2) is 56.7 Å². The molecule has 0 atom stereocenters. The van der Waals surface area contributed by atoms with Crippen LogP contribution in [0.5, 0.6) is 0 Å². The number of anilines is 3. The van der Waals surface area contributed by atoms with E-state index in [2.05, 4.69) is 25.5 Å². The minimum absolute atomic E-state index is 0.166. The van der Waals surface area contributed by atoms with Gasteiger partial charge in [-0.3, -0.25) is 0 Å². The molecule has 34 heavy (non-hydrogen) atoms. The number of nitrogens with one attached hydrogen (secondary N) is 2. The summed E-state index contributed by atoms with van der Waals surface area (Å²) in [5.74, 6) is 2.88. The number of piperidine rings is 1. The summed E-state index contributed by atoms with van der Waals surface area (Å²) in [5, 5.41) is 17.4. The highest BCUT2D eigenvalue weighted by atomic mass is 35.5. The Kier molecular flexibility index (Phi) is 7.82. The number of aliphatic hydroxyl groups excluding tert-OH is 1. The van der Waals surface area contributed by atoms with Crippen LogP contribution in [0.2, 0.25) is 5.15 Å². The largest absolute Gasteiger partial charge is 0.393 e. The first-order valence-electron chi connectivity index (χ1n) is 13.0. The second kappa shape index (κ2) is 11.2. The van der Waals surface area contributed by atoms with Crippen LogP contribution in [0.15, 0.2) is 24.5 Å². The maximum absolute atomic E-state index is 9.92. The molecular formula is C26H37ClN6O. The Bertz CT molecular complexity index is 937. The number of aliphatic hydroxyl groups is 1. The first-order chi connectivity index (χ1) is 16.6. The van der Waals surface area contributed by atoms with Gasteiger partial charge in [0.1, 0.15) is 11.0 Å². The highest BCUT2D eigenvalue weighted by Gasteiger charge is 2.28. The monoisotopic (exact) mass is 484 g/mol. The molecule has 2 aliphatic carbocycles. The van der Waals surface area contributed by atoms with Gasteiger partial charge in [-0.2, -0.15) is 4.98 Å². The van der Waals surface area contributed by atoms with Crippen molar-refractivity contribution in [3.63, 3.8) is 0 Å². The summed E-state index contributed by atoms with van der Waals surface area (Å²) in [6, 6.07) is 3.97. The van der Waals surface area contributed by atoms with Crippen LogP contribution in [0.25, 0.3) is 0 Å². The van der Waals surface area contributed by atoms with Gasteiger partial charge in [0.15, 0.2) is 0 Å². The van der Waals surface area contributed by atoms with E-state index in [-0.39, 0.29) is 6.10 Å². The van der Waals surface area contributed by atoms with Crippen LogP contribution < -0.4 is 10.6 Å². The Morgan fingerprint density at radius 1 is 1.00 bits per heavy atom. The van der Waals surface area contributed by atoms with E-state index in [9.17, 15) is 5.11 Å². The van der Waals surface area contributed by atoms with Crippen LogP contribution in [0.4, 0.5) is 17.5 Å². The molecule has 0 radical (unpaired) electrons. The smallest absolute Gasteiger partial charge is 0.229 e. The Morgan fingerprint density at radius 2 is 1.76 bits per heavy atom. The molecule has 2 saturated carbocycles. The molecule has 0 aromatic carbocycles. The predicted molar refractivity (Wildman–Crippen MR) is 137 cm³/mol. The van der Waals surface area contributed by atoms with Crippen LogP contribution >= 0.6 is 11.6 Å². The van der Waals surface area contributed by atoms with Crippen LogP contribution in [0.3, 0.4) is 0 Å². The molecule has 3 fully saturated rings. The van der Waals surface area contributed by atoms with Crippen LogP contribution in [0.1, 0.15) is 75.7 Å². The van der Waals surface area contributed by atoms with Crippen molar-refractivity contribution >= 4 is 29.1 Å². The van der Waals surface area contributed by atoms with Crippen molar-refractivity contribution in [3.05, 3.63) is 35.2 Å². The van der Waals surface area contributed by atoms with Gasteiger partial charge in [-0.25, -0.2) is 9.97 Å². The zero-order valence-electron chi connectivity index (χ0n) is 19.9. The molecule has 1 aliphatic heterocycles. The number of hydrogen-bond acceptors (Lipinski definition) is 7. The van der Waals surface area contributed by atoms with Gasteiger partial charge in [-0.15, -0.1) is 0 Å². The number of rotatable bonds is 7. The van der Waals surface area contributed by atoms with E-state index in [1.807, 2.05) is 12.3 Å². The first kappa shape index (κ1) is 23.8. The molecular weight excluding hydrogens is 448 g/mol. The van der Waals surface area contributed by atoms with Gasteiger partial charge in [-0.1, -0.05) is 24.4 Å². The lowest BCUT2D eigenvalue weighted by Gasteiger charge is -2.34. The highest BCUT2D eigenvalue weighted by molar-refractivity contribution is 6.29. The predicted octanol–water partition coefficient (Wildman–Crippen LogP) is 5.35. The third kappa shape index (κ3) is 6.18. The van der Waals surface area contributed by atoms with Crippen LogP contribution in [0, 0.1) is 5.92 Å². The fraction of sp³-hybridized carbons (Fsp3) is 0.654. The molecule has 0 spiro atoms. The maximum Gasteiger partial charge on any atom is 0.229 e. The molecule has 3 aliphatic rings. The fourth-order valence-corrected chi connectivity index (χ4v) is 6.05. The summed E-state index contributed by atoms with van der Waals surface area (Å²) in [6.45, 7) is 3.59. The summed E-state index contributed by atoms with van der Waals surface area (Å²) in [6.07, 6.45) is 15.1. The minimum atomic E-state index is -0.166. The highest BCUT2D eigenvalue weighted by Crippen LogP contribution is 2.35. The maximum atomic E-state index is 9.92. The van der Waals surface area contributed by atoms with E-state index in [0.29, 0.717) is 23.1 Å². The van der Waals surface area contributed by atoms with Crippen molar-refractivity contribution in [1.82, 2.24) is 19.9 Å². The molecule has 0 unspecified atom stereocenters. The third-order valence-corrected chi connectivity index (χ3v) is 8.06. The van der Waals surface area contributed by atoms with Crippen molar-refractivity contribution in [2.75, 3.05) is 30.3 Å². The van der Waals surface area contributed by atoms with Gasteiger partial charge in [0.2, 0.25) is 5.95 Å². The SMILES string of the molecule is O[C@H]1CC[C@H](Nc2nc(Nc3ccnc(Cl)c3)ncc2C2CCN(CC3CCCC3)CC2)CC1. The molecule has 8 heteroatoms. The molecule has 1 saturated heterocycles. The van der Waals surface area contributed by atoms with Gasteiger partial charge in [0.05, 0.1) is 6.10 Å². The van der Waals surface area contributed by atoms with Gasteiger partial charge in [0.25, 0.3) is 0 Å². The number of halogens is 1. The first-order valence-corrected chi connectivity index (χ1v) is 13.4. The minimum Gasteiger partial charge on any atom is -0.393 e. The van der Waals surface area contributed by atoms with Crippen molar-refractivity contribution in [2.45, 2.75) is 82.3 Å². The molecule has 5 rings (SSSR count). The zero-order chi connectivity index (χ0) is 23.3.